The average molecular weight is 383 g/mol. The van der Waals surface area contributed by atoms with Crippen molar-refractivity contribution in [2.24, 2.45) is 0 Å². The van der Waals surface area contributed by atoms with E-state index in [1.165, 1.54) is 0 Å². The zero-order valence-electron chi connectivity index (χ0n) is 16.7. The molecule has 148 valence electrons. The number of rotatable bonds is 6. The second-order valence-electron chi connectivity index (χ2n) is 7.18. The second-order valence-corrected chi connectivity index (χ2v) is 7.18. The number of aliphatic hydroxyl groups excluding tert-OH is 1. The predicted octanol–water partition coefficient (Wildman–Crippen LogP) is 3.88. The van der Waals surface area contributed by atoms with E-state index in [2.05, 4.69) is 6.92 Å². The first-order chi connectivity index (χ1) is 13.3. The predicted molar refractivity (Wildman–Crippen MR) is 113 cm³/mol. The van der Waals surface area contributed by atoms with E-state index in [-0.39, 0.29) is 6.61 Å². The molecule has 0 aliphatic carbocycles. The van der Waals surface area contributed by atoms with Crippen LogP contribution in [0.15, 0.2) is 36.4 Å². The van der Waals surface area contributed by atoms with Crippen LogP contribution in [0.3, 0.4) is 0 Å². The van der Waals surface area contributed by atoms with Gasteiger partial charge in [0.05, 0.1) is 16.9 Å². The molecule has 3 rings (SSSR count). The van der Waals surface area contributed by atoms with Gasteiger partial charge in [-0.3, -0.25) is 0 Å². The van der Waals surface area contributed by atoms with Gasteiger partial charge in [-0.05, 0) is 55.3 Å². The molecule has 1 atom stereocenters. The number of ether oxygens (including phenoxy) is 1. The fourth-order valence-electron chi connectivity index (χ4n) is 3.19. The van der Waals surface area contributed by atoms with E-state index in [4.69, 9.17) is 15.5 Å². The number of hydrogen-bond acceptors (Lipinski definition) is 5. The molecule has 1 unspecified atom stereocenters. The summed E-state index contributed by atoms with van der Waals surface area (Å²) in [5.41, 5.74) is 12.3. The number of benzene rings is 2. The molecule has 0 radical (unpaired) electrons. The fraction of sp³-hybridized carbons (Fsp3) is 0.318. The van der Waals surface area contributed by atoms with Gasteiger partial charge in [-0.2, -0.15) is 0 Å². The third-order valence-electron chi connectivity index (χ3n) is 4.90. The first-order valence-corrected chi connectivity index (χ1v) is 9.16. The van der Waals surface area contributed by atoms with Gasteiger partial charge in [0.15, 0.2) is 0 Å². The van der Waals surface area contributed by atoms with Crippen LogP contribution in [0, 0.1) is 13.8 Å². The van der Waals surface area contributed by atoms with E-state index < -0.39 is 12.8 Å². The molecule has 0 saturated heterocycles. The van der Waals surface area contributed by atoms with Crippen LogP contribution in [0.2, 0.25) is 0 Å². The standard InChI is InChI=1S/C22H26FN3O2/c1-13-14(2)22(25-19-7-6-16(24)10-18(13)19)15-5-8-20(26(3)4)21(9-15)28-12-17(27)11-23/h5-10,17,27H,11-12,24H2,1-4H3. The van der Waals surface area contributed by atoms with Crippen molar-refractivity contribution in [3.8, 4) is 17.0 Å². The zero-order chi connectivity index (χ0) is 20.4. The minimum Gasteiger partial charge on any atom is -0.489 e. The Kier molecular flexibility index (Phi) is 5.70. The lowest BCUT2D eigenvalue weighted by atomic mass is 9.98. The van der Waals surface area contributed by atoms with E-state index in [1.54, 1.807) is 0 Å². The molecule has 0 aliphatic rings. The molecule has 3 N–H and O–H groups in total. The first kappa shape index (κ1) is 19.9. The Bertz CT molecular complexity index is 1000. The number of aromatic nitrogens is 1. The molecule has 2 aromatic carbocycles. The summed E-state index contributed by atoms with van der Waals surface area (Å²) in [6, 6.07) is 11.5. The van der Waals surface area contributed by atoms with Gasteiger partial charge >= 0.3 is 0 Å². The third-order valence-corrected chi connectivity index (χ3v) is 4.90. The molecule has 28 heavy (non-hydrogen) atoms. The number of aryl methyl sites for hydroxylation is 1. The second kappa shape index (κ2) is 8.02. The van der Waals surface area contributed by atoms with E-state index in [9.17, 15) is 9.50 Å². The van der Waals surface area contributed by atoms with Crippen LogP contribution in [0.5, 0.6) is 5.75 Å². The highest BCUT2D eigenvalue weighted by Crippen LogP contribution is 2.35. The SMILES string of the molecule is Cc1c(-c2ccc(N(C)C)c(OCC(O)CF)c2)nc2ccc(N)cc2c1C. The lowest BCUT2D eigenvalue weighted by Crippen LogP contribution is -2.20. The van der Waals surface area contributed by atoms with Crippen LogP contribution in [-0.4, -0.2) is 43.6 Å². The number of halogens is 1. The van der Waals surface area contributed by atoms with E-state index in [0.29, 0.717) is 11.4 Å². The van der Waals surface area contributed by atoms with Crippen LogP contribution in [0.25, 0.3) is 22.2 Å². The molecule has 0 bridgehead atoms. The van der Waals surface area contributed by atoms with Gasteiger partial charge in [0.1, 0.15) is 25.1 Å². The monoisotopic (exact) mass is 383 g/mol. The van der Waals surface area contributed by atoms with Gasteiger partial charge in [-0.1, -0.05) is 6.07 Å². The Hall–Kier alpha value is -2.86. The topological polar surface area (TPSA) is 71.6 Å². The van der Waals surface area contributed by atoms with Crippen LogP contribution >= 0.6 is 0 Å². The first-order valence-electron chi connectivity index (χ1n) is 9.16. The smallest absolute Gasteiger partial charge is 0.143 e. The lowest BCUT2D eigenvalue weighted by molar-refractivity contribution is 0.0844. The van der Waals surface area contributed by atoms with Crippen molar-refractivity contribution in [3.63, 3.8) is 0 Å². The zero-order valence-corrected chi connectivity index (χ0v) is 16.7. The molecule has 0 fully saturated rings. The Labute approximate surface area is 164 Å². The minimum absolute atomic E-state index is 0.108. The summed E-state index contributed by atoms with van der Waals surface area (Å²) in [6.07, 6.45) is -1.15. The maximum Gasteiger partial charge on any atom is 0.143 e. The largest absolute Gasteiger partial charge is 0.489 e. The Morgan fingerprint density at radius 1 is 1.14 bits per heavy atom. The maximum atomic E-state index is 12.6. The minimum atomic E-state index is -1.15. The molecule has 1 heterocycles. The number of fused-ring (bicyclic) bond motifs is 1. The number of nitrogens with zero attached hydrogens (tertiary/aromatic N) is 2. The highest BCUT2D eigenvalue weighted by atomic mass is 19.1. The lowest BCUT2D eigenvalue weighted by Gasteiger charge is -2.20. The van der Waals surface area contributed by atoms with Gasteiger partial charge in [0, 0.05) is 30.7 Å². The maximum absolute atomic E-state index is 12.6. The third kappa shape index (κ3) is 3.87. The van der Waals surface area contributed by atoms with Crippen LogP contribution < -0.4 is 15.4 Å². The summed E-state index contributed by atoms with van der Waals surface area (Å²) in [7, 11) is 3.81. The van der Waals surface area contributed by atoms with Crippen LogP contribution in [0.4, 0.5) is 15.8 Å². The summed E-state index contributed by atoms with van der Waals surface area (Å²) in [5.74, 6) is 0.575. The molecule has 0 saturated carbocycles. The molecule has 0 aliphatic heterocycles. The molecule has 1 aromatic heterocycles. The quantitative estimate of drug-likeness (QED) is 0.632. The van der Waals surface area contributed by atoms with E-state index in [0.717, 1.165) is 39.0 Å². The summed E-state index contributed by atoms with van der Waals surface area (Å²) in [6.45, 7) is 3.15. The van der Waals surface area contributed by atoms with E-state index >= 15 is 0 Å². The molecule has 6 heteroatoms. The van der Waals surface area contributed by atoms with Crippen molar-refractivity contribution in [2.75, 3.05) is 38.0 Å². The van der Waals surface area contributed by atoms with Crippen molar-refractivity contribution < 1.29 is 14.2 Å². The summed E-state index contributed by atoms with van der Waals surface area (Å²) in [4.78, 5) is 6.75. The van der Waals surface area contributed by atoms with Crippen molar-refractivity contribution in [3.05, 3.63) is 47.5 Å². The summed E-state index contributed by atoms with van der Waals surface area (Å²) < 4.78 is 18.3. The molecule has 5 nitrogen and oxygen atoms in total. The average Bonchev–Trinajstić information content (AvgIpc) is 2.68. The summed E-state index contributed by atoms with van der Waals surface area (Å²) in [5, 5.41) is 10.6. The van der Waals surface area contributed by atoms with Gasteiger partial charge in [0.2, 0.25) is 0 Å². The van der Waals surface area contributed by atoms with Crippen molar-refractivity contribution in [1.29, 1.82) is 0 Å². The van der Waals surface area contributed by atoms with Gasteiger partial charge < -0.3 is 20.5 Å². The Morgan fingerprint density at radius 2 is 1.89 bits per heavy atom. The van der Waals surface area contributed by atoms with Gasteiger partial charge in [-0.15, -0.1) is 0 Å². The number of hydrogen-bond donors (Lipinski definition) is 2. The normalized spacial score (nSPS) is 12.2. The number of pyridine rings is 1. The highest BCUT2D eigenvalue weighted by molar-refractivity contribution is 5.89. The molecule has 0 spiro atoms. The van der Waals surface area contributed by atoms with Crippen molar-refractivity contribution >= 4 is 22.3 Å². The van der Waals surface area contributed by atoms with Crippen LogP contribution in [0.1, 0.15) is 11.1 Å². The molecule has 3 aromatic rings. The number of aliphatic hydroxyl groups is 1. The molecular weight excluding hydrogens is 357 g/mol. The Morgan fingerprint density at radius 3 is 2.57 bits per heavy atom. The highest BCUT2D eigenvalue weighted by Gasteiger charge is 2.15. The van der Waals surface area contributed by atoms with Crippen molar-refractivity contribution in [1.82, 2.24) is 4.98 Å². The van der Waals surface area contributed by atoms with Gasteiger partial charge in [-0.25, -0.2) is 9.37 Å². The molecule has 0 amide bonds. The Balaban J connectivity index is 2.10. The number of nitrogen functional groups attached to an aromatic ring is 1. The van der Waals surface area contributed by atoms with Crippen molar-refractivity contribution in [2.45, 2.75) is 20.0 Å². The van der Waals surface area contributed by atoms with Gasteiger partial charge in [0.25, 0.3) is 0 Å². The fourth-order valence-corrected chi connectivity index (χ4v) is 3.19. The van der Waals surface area contributed by atoms with Crippen LogP contribution in [-0.2, 0) is 0 Å². The van der Waals surface area contributed by atoms with E-state index in [1.807, 2.05) is 62.3 Å². The molecular formula is C22H26FN3O2. The number of nitrogens with two attached hydrogens (primary N) is 1. The number of alkyl halides is 1. The number of anilines is 2. The summed E-state index contributed by atoms with van der Waals surface area (Å²) >= 11 is 0.